The van der Waals surface area contributed by atoms with Crippen LogP contribution >= 0.6 is 12.2 Å². The lowest BCUT2D eigenvalue weighted by Crippen LogP contribution is -2.50. The van der Waals surface area contributed by atoms with Gasteiger partial charge in [0, 0.05) is 37.6 Å². The third-order valence-electron chi connectivity index (χ3n) is 4.20. The van der Waals surface area contributed by atoms with Gasteiger partial charge >= 0.3 is 0 Å². The number of hydrogen-bond acceptors (Lipinski definition) is 4. The normalized spacial score (nSPS) is 14.3. The lowest BCUT2D eigenvalue weighted by atomic mass is 10.2. The fourth-order valence-electron chi connectivity index (χ4n) is 2.83. The summed E-state index contributed by atoms with van der Waals surface area (Å²) in [6.07, 6.45) is 0. The highest BCUT2D eigenvalue weighted by molar-refractivity contribution is 7.80. The van der Waals surface area contributed by atoms with E-state index in [1.807, 2.05) is 43.3 Å². The van der Waals surface area contributed by atoms with Crippen molar-refractivity contribution < 1.29 is 9.84 Å². The van der Waals surface area contributed by atoms with Crippen LogP contribution in [-0.2, 0) is 0 Å². The topological polar surface area (TPSA) is 48.0 Å². The van der Waals surface area contributed by atoms with Crippen LogP contribution in [0.15, 0.2) is 48.5 Å². The summed E-state index contributed by atoms with van der Waals surface area (Å²) >= 11 is 5.54. The molecule has 3 rings (SSSR count). The summed E-state index contributed by atoms with van der Waals surface area (Å²) in [5, 5.41) is 13.4. The highest BCUT2D eigenvalue weighted by Crippen LogP contribution is 2.20. The first-order chi connectivity index (χ1) is 12.2. The monoisotopic (exact) mass is 357 g/mol. The molecule has 1 heterocycles. The Morgan fingerprint density at radius 3 is 2.28 bits per heavy atom. The number of ether oxygens (including phenoxy) is 1. The molecule has 1 aliphatic heterocycles. The summed E-state index contributed by atoms with van der Waals surface area (Å²) in [7, 11) is 0. The minimum absolute atomic E-state index is 0.295. The Morgan fingerprint density at radius 1 is 1.04 bits per heavy atom. The summed E-state index contributed by atoms with van der Waals surface area (Å²) in [5.41, 5.74) is 2.09. The maximum absolute atomic E-state index is 9.40. The molecule has 0 aromatic heterocycles. The molecule has 1 saturated heterocycles. The highest BCUT2D eigenvalue weighted by Gasteiger charge is 2.19. The molecule has 0 radical (unpaired) electrons. The van der Waals surface area contributed by atoms with Gasteiger partial charge in [-0.25, -0.2) is 0 Å². The van der Waals surface area contributed by atoms with Crippen LogP contribution in [0.4, 0.5) is 11.4 Å². The second-order valence-corrected chi connectivity index (χ2v) is 6.26. The predicted molar refractivity (Wildman–Crippen MR) is 106 cm³/mol. The van der Waals surface area contributed by atoms with Gasteiger partial charge in [-0.1, -0.05) is 0 Å². The fourth-order valence-corrected chi connectivity index (χ4v) is 3.14. The van der Waals surface area contributed by atoms with Crippen molar-refractivity contribution in [2.24, 2.45) is 0 Å². The molecule has 0 atom stereocenters. The molecule has 0 aliphatic carbocycles. The molecule has 2 N–H and O–H groups in total. The summed E-state index contributed by atoms with van der Waals surface area (Å²) in [4.78, 5) is 4.48. The van der Waals surface area contributed by atoms with E-state index in [2.05, 4.69) is 15.1 Å². The third kappa shape index (κ3) is 4.54. The average molecular weight is 357 g/mol. The summed E-state index contributed by atoms with van der Waals surface area (Å²) < 4.78 is 5.45. The summed E-state index contributed by atoms with van der Waals surface area (Å²) in [5.74, 6) is 1.16. The van der Waals surface area contributed by atoms with Crippen molar-refractivity contribution in [3.63, 3.8) is 0 Å². The summed E-state index contributed by atoms with van der Waals surface area (Å²) in [6, 6.07) is 15.2. The minimum atomic E-state index is 0.295. The van der Waals surface area contributed by atoms with Crippen molar-refractivity contribution in [1.29, 1.82) is 0 Å². The number of nitrogens with zero attached hydrogens (tertiary/aromatic N) is 2. The van der Waals surface area contributed by atoms with Crippen LogP contribution in [0, 0.1) is 0 Å². The van der Waals surface area contributed by atoms with Crippen LogP contribution < -0.4 is 15.0 Å². The van der Waals surface area contributed by atoms with Gasteiger partial charge < -0.3 is 25.0 Å². The van der Waals surface area contributed by atoms with Gasteiger partial charge in [-0.15, -0.1) is 0 Å². The summed E-state index contributed by atoms with van der Waals surface area (Å²) in [6.45, 7) is 6.16. The molecule has 0 saturated carbocycles. The molecule has 2 aromatic carbocycles. The van der Waals surface area contributed by atoms with E-state index in [0.717, 1.165) is 48.4 Å². The van der Waals surface area contributed by atoms with E-state index in [4.69, 9.17) is 17.0 Å². The Morgan fingerprint density at radius 2 is 1.68 bits per heavy atom. The van der Waals surface area contributed by atoms with Crippen LogP contribution in [0.5, 0.6) is 11.5 Å². The molecule has 1 aliphatic rings. The Kier molecular flexibility index (Phi) is 5.60. The molecule has 0 unspecified atom stereocenters. The molecule has 1 fully saturated rings. The maximum atomic E-state index is 9.40. The number of anilines is 2. The van der Waals surface area contributed by atoms with Crippen LogP contribution in [0.25, 0.3) is 0 Å². The van der Waals surface area contributed by atoms with Gasteiger partial charge in [-0.05, 0) is 67.7 Å². The van der Waals surface area contributed by atoms with E-state index in [1.165, 1.54) is 0 Å². The van der Waals surface area contributed by atoms with Crippen LogP contribution in [-0.4, -0.2) is 47.9 Å². The number of phenolic OH excluding ortho intramolecular Hbond substituents is 1. The molecular weight excluding hydrogens is 334 g/mol. The zero-order valence-corrected chi connectivity index (χ0v) is 15.1. The van der Waals surface area contributed by atoms with E-state index in [9.17, 15) is 5.11 Å². The maximum Gasteiger partial charge on any atom is 0.173 e. The number of aromatic hydroxyl groups is 1. The second kappa shape index (κ2) is 8.07. The smallest absolute Gasteiger partial charge is 0.173 e. The van der Waals surface area contributed by atoms with Gasteiger partial charge in [0.15, 0.2) is 5.11 Å². The lowest BCUT2D eigenvalue weighted by Gasteiger charge is -2.37. The molecule has 2 aromatic rings. The SMILES string of the molecule is CCOc1ccc(NC(=S)N2CCN(c3ccc(O)cc3)CC2)cc1. The quantitative estimate of drug-likeness (QED) is 0.819. The minimum Gasteiger partial charge on any atom is -0.508 e. The number of phenols is 1. The van der Waals surface area contributed by atoms with Crippen molar-refractivity contribution in [2.45, 2.75) is 6.92 Å². The molecule has 0 amide bonds. The van der Waals surface area contributed by atoms with Gasteiger partial charge in [0.1, 0.15) is 11.5 Å². The molecule has 0 spiro atoms. The molecule has 25 heavy (non-hydrogen) atoms. The number of thiocarbonyl (C=S) groups is 1. The van der Waals surface area contributed by atoms with Gasteiger partial charge in [-0.3, -0.25) is 0 Å². The standard InChI is InChI=1S/C19H23N3O2S/c1-2-24-18-9-3-15(4-10-18)20-19(25)22-13-11-21(12-14-22)16-5-7-17(23)8-6-16/h3-10,23H,2,11-14H2,1H3,(H,20,25). The lowest BCUT2D eigenvalue weighted by molar-refractivity contribution is 0.340. The largest absolute Gasteiger partial charge is 0.508 e. The molecule has 6 heteroatoms. The predicted octanol–water partition coefficient (Wildman–Crippen LogP) is 3.31. The van der Waals surface area contributed by atoms with Gasteiger partial charge in [0.05, 0.1) is 6.61 Å². The van der Waals surface area contributed by atoms with Crippen molar-refractivity contribution in [3.8, 4) is 11.5 Å². The Labute approximate surface area is 153 Å². The second-order valence-electron chi connectivity index (χ2n) is 5.88. The fraction of sp³-hybridized carbons (Fsp3) is 0.316. The van der Waals surface area contributed by atoms with Gasteiger partial charge in [-0.2, -0.15) is 0 Å². The zero-order chi connectivity index (χ0) is 17.6. The third-order valence-corrected chi connectivity index (χ3v) is 4.56. The number of nitrogens with one attached hydrogen (secondary N) is 1. The number of hydrogen-bond donors (Lipinski definition) is 2. The Bertz CT molecular complexity index is 696. The van der Waals surface area contributed by atoms with E-state index in [1.54, 1.807) is 12.1 Å². The Balaban J connectivity index is 1.51. The van der Waals surface area contributed by atoms with Crippen molar-refractivity contribution >= 4 is 28.7 Å². The van der Waals surface area contributed by atoms with Crippen LogP contribution in [0.2, 0.25) is 0 Å². The van der Waals surface area contributed by atoms with Gasteiger partial charge in [0.25, 0.3) is 0 Å². The van der Waals surface area contributed by atoms with E-state index < -0.39 is 0 Å². The van der Waals surface area contributed by atoms with E-state index in [0.29, 0.717) is 12.4 Å². The zero-order valence-electron chi connectivity index (χ0n) is 14.3. The number of benzene rings is 2. The number of rotatable bonds is 4. The first kappa shape index (κ1) is 17.4. The van der Waals surface area contributed by atoms with Crippen LogP contribution in [0.1, 0.15) is 6.92 Å². The molecule has 5 nitrogen and oxygen atoms in total. The van der Waals surface area contributed by atoms with Crippen molar-refractivity contribution in [1.82, 2.24) is 4.90 Å². The molecule has 132 valence electrons. The highest BCUT2D eigenvalue weighted by atomic mass is 32.1. The average Bonchev–Trinajstić information content (AvgIpc) is 2.64. The Hall–Kier alpha value is -2.47. The van der Waals surface area contributed by atoms with Gasteiger partial charge in [0.2, 0.25) is 0 Å². The van der Waals surface area contributed by atoms with E-state index in [-0.39, 0.29) is 0 Å². The van der Waals surface area contributed by atoms with Crippen LogP contribution in [0.3, 0.4) is 0 Å². The molecular formula is C19H23N3O2S. The molecule has 0 bridgehead atoms. The van der Waals surface area contributed by atoms with Crippen molar-refractivity contribution in [2.75, 3.05) is 43.0 Å². The van der Waals surface area contributed by atoms with E-state index >= 15 is 0 Å². The van der Waals surface area contributed by atoms with Crippen molar-refractivity contribution in [3.05, 3.63) is 48.5 Å². The number of piperazine rings is 1. The first-order valence-corrected chi connectivity index (χ1v) is 8.89. The first-order valence-electron chi connectivity index (χ1n) is 8.48.